The standard InChI is InChI=1S/C15H19Cl3N2/c1-3-5-10(4-2)20-14-9-12(18)11(17)8-13(14)19-15(20)6-7-16/h8-10H,3-7H2,1-2H3. The van der Waals surface area contributed by atoms with Gasteiger partial charge < -0.3 is 4.57 Å². The molecule has 1 aromatic heterocycles. The van der Waals surface area contributed by atoms with E-state index in [1.807, 2.05) is 12.1 Å². The van der Waals surface area contributed by atoms with Gasteiger partial charge in [-0.15, -0.1) is 11.6 Å². The van der Waals surface area contributed by atoms with Gasteiger partial charge in [0.25, 0.3) is 0 Å². The van der Waals surface area contributed by atoms with E-state index in [2.05, 4.69) is 18.4 Å². The van der Waals surface area contributed by atoms with E-state index in [4.69, 9.17) is 39.8 Å². The largest absolute Gasteiger partial charge is 0.325 e. The third kappa shape index (κ3) is 3.08. The minimum Gasteiger partial charge on any atom is -0.325 e. The fourth-order valence-electron chi connectivity index (χ4n) is 2.66. The number of alkyl halides is 1. The molecular formula is C15H19Cl3N2. The van der Waals surface area contributed by atoms with E-state index in [-0.39, 0.29) is 0 Å². The SMILES string of the molecule is CCCC(CC)n1c(CCCl)nc2cc(Cl)c(Cl)cc21. The first-order valence-electron chi connectivity index (χ1n) is 7.04. The smallest absolute Gasteiger partial charge is 0.111 e. The predicted octanol–water partition coefficient (Wildman–Crippen LogP) is 5.88. The lowest BCUT2D eigenvalue weighted by Gasteiger charge is -2.20. The first-order chi connectivity index (χ1) is 9.62. The van der Waals surface area contributed by atoms with Crippen LogP contribution in [-0.4, -0.2) is 15.4 Å². The molecule has 0 radical (unpaired) electrons. The average Bonchev–Trinajstić information content (AvgIpc) is 2.74. The first kappa shape index (κ1) is 15.9. The Hall–Kier alpha value is -0.440. The molecule has 1 atom stereocenters. The zero-order chi connectivity index (χ0) is 14.7. The van der Waals surface area contributed by atoms with Crippen LogP contribution in [0.3, 0.4) is 0 Å². The molecule has 1 unspecified atom stereocenters. The predicted molar refractivity (Wildman–Crippen MR) is 88.4 cm³/mol. The molecule has 0 amide bonds. The lowest BCUT2D eigenvalue weighted by atomic mass is 10.1. The van der Waals surface area contributed by atoms with Crippen LogP contribution >= 0.6 is 34.8 Å². The van der Waals surface area contributed by atoms with Crippen molar-refractivity contribution in [3.63, 3.8) is 0 Å². The van der Waals surface area contributed by atoms with Crippen molar-refractivity contribution in [3.8, 4) is 0 Å². The lowest BCUT2D eigenvalue weighted by Crippen LogP contribution is -2.12. The highest BCUT2D eigenvalue weighted by Gasteiger charge is 2.18. The maximum Gasteiger partial charge on any atom is 0.111 e. The van der Waals surface area contributed by atoms with Crippen LogP contribution in [0.25, 0.3) is 11.0 Å². The Kier molecular flexibility index (Phi) is 5.59. The summed E-state index contributed by atoms with van der Waals surface area (Å²) >= 11 is 18.2. The molecule has 0 bridgehead atoms. The summed E-state index contributed by atoms with van der Waals surface area (Å²) in [6.45, 7) is 4.40. The normalized spacial score (nSPS) is 13.1. The van der Waals surface area contributed by atoms with Crippen LogP contribution in [-0.2, 0) is 6.42 Å². The van der Waals surface area contributed by atoms with Crippen LogP contribution in [0.15, 0.2) is 12.1 Å². The summed E-state index contributed by atoms with van der Waals surface area (Å²) in [5.74, 6) is 1.58. The summed E-state index contributed by atoms with van der Waals surface area (Å²) in [5, 5.41) is 1.12. The number of aromatic nitrogens is 2. The minimum atomic E-state index is 0.431. The molecule has 5 heteroatoms. The molecule has 2 aromatic rings. The Morgan fingerprint density at radius 1 is 1.20 bits per heavy atom. The summed E-state index contributed by atoms with van der Waals surface area (Å²) in [4.78, 5) is 4.69. The molecule has 2 nitrogen and oxygen atoms in total. The van der Waals surface area contributed by atoms with Gasteiger partial charge in [-0.2, -0.15) is 0 Å². The summed E-state index contributed by atoms with van der Waals surface area (Å²) in [6, 6.07) is 4.19. The second-order valence-electron chi connectivity index (χ2n) is 4.94. The van der Waals surface area contributed by atoms with E-state index >= 15 is 0 Å². The van der Waals surface area contributed by atoms with Crippen LogP contribution in [0.5, 0.6) is 0 Å². The van der Waals surface area contributed by atoms with Crippen molar-refractivity contribution < 1.29 is 0 Å². The molecule has 0 fully saturated rings. The van der Waals surface area contributed by atoms with Gasteiger partial charge in [0.2, 0.25) is 0 Å². The Labute approximate surface area is 135 Å². The number of rotatable bonds is 6. The summed E-state index contributed by atoms with van der Waals surface area (Å²) in [6.07, 6.45) is 4.08. The molecule has 1 aromatic carbocycles. The molecule has 0 saturated heterocycles. The van der Waals surface area contributed by atoms with Gasteiger partial charge in [0, 0.05) is 18.3 Å². The van der Waals surface area contributed by atoms with Crippen LogP contribution in [0, 0.1) is 0 Å². The topological polar surface area (TPSA) is 17.8 Å². The molecule has 110 valence electrons. The van der Waals surface area contributed by atoms with E-state index < -0.39 is 0 Å². The van der Waals surface area contributed by atoms with Crippen LogP contribution < -0.4 is 0 Å². The highest BCUT2D eigenvalue weighted by Crippen LogP contribution is 2.32. The highest BCUT2D eigenvalue weighted by atomic mass is 35.5. The number of fused-ring (bicyclic) bond motifs is 1. The number of aryl methyl sites for hydroxylation is 1. The number of hydrogen-bond acceptors (Lipinski definition) is 1. The minimum absolute atomic E-state index is 0.431. The van der Waals surface area contributed by atoms with Crippen molar-refractivity contribution >= 4 is 45.8 Å². The van der Waals surface area contributed by atoms with Gasteiger partial charge in [0.1, 0.15) is 5.82 Å². The van der Waals surface area contributed by atoms with Gasteiger partial charge in [-0.25, -0.2) is 4.98 Å². The summed E-state index contributed by atoms with van der Waals surface area (Å²) in [7, 11) is 0. The van der Waals surface area contributed by atoms with Gasteiger partial charge >= 0.3 is 0 Å². The molecule has 0 spiro atoms. The van der Waals surface area contributed by atoms with E-state index in [1.54, 1.807) is 0 Å². The van der Waals surface area contributed by atoms with Crippen LogP contribution in [0.2, 0.25) is 10.0 Å². The quantitative estimate of drug-likeness (QED) is 0.604. The van der Waals surface area contributed by atoms with Gasteiger partial charge in [-0.1, -0.05) is 43.5 Å². The van der Waals surface area contributed by atoms with Crippen molar-refractivity contribution in [3.05, 3.63) is 28.0 Å². The molecular weight excluding hydrogens is 315 g/mol. The molecule has 0 aliphatic heterocycles. The molecule has 0 aliphatic rings. The van der Waals surface area contributed by atoms with Crippen molar-refractivity contribution in [2.24, 2.45) is 0 Å². The van der Waals surface area contributed by atoms with Gasteiger partial charge in [-0.05, 0) is 25.0 Å². The van der Waals surface area contributed by atoms with E-state index in [0.717, 1.165) is 42.5 Å². The molecule has 0 N–H and O–H groups in total. The molecule has 2 rings (SSSR count). The zero-order valence-electron chi connectivity index (χ0n) is 11.8. The van der Waals surface area contributed by atoms with E-state index in [0.29, 0.717) is 22.0 Å². The average molecular weight is 334 g/mol. The van der Waals surface area contributed by atoms with Crippen molar-refractivity contribution in [1.29, 1.82) is 0 Å². The van der Waals surface area contributed by atoms with Gasteiger partial charge in [0.05, 0.1) is 21.1 Å². The Morgan fingerprint density at radius 2 is 1.90 bits per heavy atom. The van der Waals surface area contributed by atoms with Crippen molar-refractivity contribution in [2.75, 3.05) is 5.88 Å². The first-order valence-corrected chi connectivity index (χ1v) is 8.33. The number of hydrogen-bond donors (Lipinski definition) is 0. The highest BCUT2D eigenvalue weighted by molar-refractivity contribution is 6.42. The Bertz CT molecular complexity index is 592. The maximum atomic E-state index is 6.17. The monoisotopic (exact) mass is 332 g/mol. The van der Waals surface area contributed by atoms with Crippen LogP contribution in [0.4, 0.5) is 0 Å². The van der Waals surface area contributed by atoms with Gasteiger partial charge in [0.15, 0.2) is 0 Å². The molecule has 0 aliphatic carbocycles. The number of halogens is 3. The molecule has 1 heterocycles. The third-order valence-electron chi connectivity index (χ3n) is 3.58. The fraction of sp³-hybridized carbons (Fsp3) is 0.533. The zero-order valence-corrected chi connectivity index (χ0v) is 14.1. The Morgan fingerprint density at radius 3 is 2.50 bits per heavy atom. The lowest BCUT2D eigenvalue weighted by molar-refractivity contribution is 0.445. The third-order valence-corrected chi connectivity index (χ3v) is 4.49. The van der Waals surface area contributed by atoms with Crippen LogP contribution in [0.1, 0.15) is 45.0 Å². The van der Waals surface area contributed by atoms with Gasteiger partial charge in [-0.3, -0.25) is 0 Å². The molecule has 20 heavy (non-hydrogen) atoms. The number of benzene rings is 1. The fourth-order valence-corrected chi connectivity index (χ4v) is 3.14. The second kappa shape index (κ2) is 7.02. The number of imidazole rings is 1. The summed E-state index contributed by atoms with van der Waals surface area (Å²) in [5.41, 5.74) is 1.95. The van der Waals surface area contributed by atoms with E-state index in [9.17, 15) is 0 Å². The maximum absolute atomic E-state index is 6.17. The van der Waals surface area contributed by atoms with Crippen molar-refractivity contribution in [2.45, 2.75) is 45.6 Å². The Balaban J connectivity index is 2.63. The molecule has 0 saturated carbocycles. The second-order valence-corrected chi connectivity index (χ2v) is 6.14. The number of nitrogens with zero attached hydrogens (tertiary/aromatic N) is 2. The van der Waals surface area contributed by atoms with Crippen molar-refractivity contribution in [1.82, 2.24) is 9.55 Å². The summed E-state index contributed by atoms with van der Waals surface area (Å²) < 4.78 is 2.30. The van der Waals surface area contributed by atoms with E-state index in [1.165, 1.54) is 0 Å².